The van der Waals surface area contributed by atoms with E-state index in [-0.39, 0.29) is 6.29 Å². The van der Waals surface area contributed by atoms with E-state index in [1.165, 1.54) is 57.4 Å². The molecule has 10 heteroatoms. The van der Waals surface area contributed by atoms with Crippen molar-refractivity contribution in [3.63, 3.8) is 0 Å². The van der Waals surface area contributed by atoms with Gasteiger partial charge in [0.15, 0.2) is 6.29 Å². The van der Waals surface area contributed by atoms with E-state index in [0.29, 0.717) is 0 Å². The summed E-state index contributed by atoms with van der Waals surface area (Å²) in [5, 5.41) is 7.89. The average Bonchev–Trinajstić information content (AvgIpc) is 3.59. The third kappa shape index (κ3) is 5.25. The third-order valence-electron chi connectivity index (χ3n) is 6.37. The van der Waals surface area contributed by atoms with Crippen LogP contribution in [0.4, 0.5) is 0 Å². The monoisotopic (exact) mass is 650 g/mol. The van der Waals surface area contributed by atoms with Crippen LogP contribution in [-0.4, -0.2) is 38.2 Å². The van der Waals surface area contributed by atoms with Crippen LogP contribution in [0.3, 0.4) is 0 Å². The second kappa shape index (κ2) is 12.5. The molecular formula is C28H26O2S8. The van der Waals surface area contributed by atoms with Crippen molar-refractivity contribution in [2.24, 2.45) is 0 Å². The van der Waals surface area contributed by atoms with E-state index in [0.717, 1.165) is 25.2 Å². The Labute approximate surface area is 257 Å². The van der Waals surface area contributed by atoms with Crippen LogP contribution in [0.1, 0.15) is 18.3 Å². The molecule has 2 nitrogen and oxygen atoms in total. The Bertz CT molecular complexity index is 1570. The second-order valence-electron chi connectivity index (χ2n) is 8.48. The molecule has 0 aliphatic carbocycles. The van der Waals surface area contributed by atoms with E-state index < -0.39 is 0 Å². The molecule has 198 valence electrons. The van der Waals surface area contributed by atoms with E-state index in [2.05, 4.69) is 67.5 Å². The van der Waals surface area contributed by atoms with Gasteiger partial charge < -0.3 is 9.47 Å². The van der Waals surface area contributed by atoms with Crippen LogP contribution in [0.15, 0.2) is 59.4 Å². The van der Waals surface area contributed by atoms with Crippen LogP contribution in [0, 0.1) is 0 Å². The molecule has 0 atom stereocenters. The maximum Gasteiger partial charge on any atom is 0.183 e. The van der Waals surface area contributed by atoms with Crippen molar-refractivity contribution in [2.75, 3.05) is 38.2 Å². The Morgan fingerprint density at radius 3 is 1.53 bits per heavy atom. The van der Waals surface area contributed by atoms with Gasteiger partial charge in [0, 0.05) is 16.0 Å². The van der Waals surface area contributed by atoms with Crippen LogP contribution in [0.2, 0.25) is 0 Å². The molecule has 1 fully saturated rings. The number of hydrogen-bond acceptors (Lipinski definition) is 10. The minimum atomic E-state index is -0.304. The summed E-state index contributed by atoms with van der Waals surface area (Å²) >= 11 is 15.1. The fraction of sp³-hybridized carbons (Fsp3) is 0.286. The van der Waals surface area contributed by atoms with Gasteiger partial charge in [-0.15, -0.1) is 47.0 Å². The first-order chi connectivity index (χ1) is 18.7. The zero-order valence-electron chi connectivity index (χ0n) is 21.3. The quantitative estimate of drug-likeness (QED) is 0.248. The summed E-state index contributed by atoms with van der Waals surface area (Å²) in [4.78, 5) is 0. The van der Waals surface area contributed by atoms with Gasteiger partial charge in [-0.3, -0.25) is 0 Å². The van der Waals surface area contributed by atoms with Crippen molar-refractivity contribution in [1.82, 2.24) is 0 Å². The van der Waals surface area contributed by atoms with Crippen LogP contribution in [-0.2, 0) is 9.47 Å². The fourth-order valence-corrected chi connectivity index (χ4v) is 15.0. The first kappa shape index (κ1) is 28.2. The van der Waals surface area contributed by atoms with E-state index in [1.807, 2.05) is 94.1 Å². The number of fused-ring (bicyclic) bond motifs is 2. The topological polar surface area (TPSA) is 18.5 Å². The maximum absolute atomic E-state index is 6.04. The predicted molar refractivity (Wildman–Crippen MR) is 185 cm³/mol. The molecule has 0 radical (unpaired) electrons. The molecule has 0 spiro atoms. The summed E-state index contributed by atoms with van der Waals surface area (Å²) in [5.41, 5.74) is 1.10. The summed E-state index contributed by atoms with van der Waals surface area (Å²) in [7, 11) is 0. The van der Waals surface area contributed by atoms with Gasteiger partial charge in [0.1, 0.15) is 0 Å². The maximum atomic E-state index is 6.04. The van der Waals surface area contributed by atoms with E-state index >= 15 is 0 Å². The molecular weight excluding hydrogens is 625 g/mol. The van der Waals surface area contributed by atoms with E-state index in [4.69, 9.17) is 9.47 Å². The zero-order valence-corrected chi connectivity index (χ0v) is 27.9. The van der Waals surface area contributed by atoms with Crippen LogP contribution in [0.5, 0.6) is 0 Å². The van der Waals surface area contributed by atoms with Crippen LogP contribution < -0.4 is 10.4 Å². The van der Waals surface area contributed by atoms with Crippen molar-refractivity contribution < 1.29 is 9.47 Å². The standard InChI is InChI=1S/C28H26O2S8/c1-31-25-26(32-2)36-23(35-25)20-16-8-5-6-9-17(16)21(24-37-27(33-3)28(34-4)38-24)19-14-15(10-11-18(19)20)22-29-12-7-13-30-22/h5-6,8-11,14,22H,7,12-13H2,1-4H3. The normalized spacial score (nSPS) is 19.2. The Morgan fingerprint density at radius 2 is 1.05 bits per heavy atom. The molecule has 3 aromatic rings. The summed E-state index contributed by atoms with van der Waals surface area (Å²) < 4.78 is 20.4. The van der Waals surface area contributed by atoms with Gasteiger partial charge in [-0.05, 0) is 59.1 Å². The minimum absolute atomic E-state index is 0.304. The predicted octanol–water partition coefficient (Wildman–Crippen LogP) is 9.23. The van der Waals surface area contributed by atoms with Gasteiger partial charge in [-0.1, -0.05) is 83.4 Å². The molecule has 0 bridgehead atoms. The largest absolute Gasteiger partial charge is 0.348 e. The highest BCUT2D eigenvalue weighted by Gasteiger charge is 2.26. The first-order valence-electron chi connectivity index (χ1n) is 12.0. The molecule has 1 saturated heterocycles. The summed E-state index contributed by atoms with van der Waals surface area (Å²) in [6.07, 6.45) is 9.38. The van der Waals surface area contributed by atoms with Crippen molar-refractivity contribution in [3.8, 4) is 0 Å². The highest BCUT2D eigenvalue weighted by atomic mass is 32.3. The highest BCUT2D eigenvalue weighted by Crippen LogP contribution is 2.58. The first-order valence-corrected chi connectivity index (χ1v) is 20.2. The number of hydrogen-bond donors (Lipinski definition) is 0. The molecule has 0 N–H and O–H groups in total. The van der Waals surface area contributed by atoms with Crippen LogP contribution >= 0.6 is 94.1 Å². The molecule has 6 rings (SSSR count). The fourth-order valence-electron chi connectivity index (χ4n) is 4.71. The minimum Gasteiger partial charge on any atom is -0.348 e. The van der Waals surface area contributed by atoms with Gasteiger partial charge in [-0.25, -0.2) is 0 Å². The molecule has 0 unspecified atom stereocenters. The molecule has 3 aliphatic heterocycles. The van der Waals surface area contributed by atoms with Gasteiger partial charge in [0.2, 0.25) is 0 Å². The average molecular weight is 651 g/mol. The van der Waals surface area contributed by atoms with Crippen molar-refractivity contribution in [1.29, 1.82) is 0 Å². The van der Waals surface area contributed by atoms with Gasteiger partial charge in [0.05, 0.1) is 38.6 Å². The Hall–Kier alpha value is 0.120. The van der Waals surface area contributed by atoms with Crippen molar-refractivity contribution >= 4 is 124 Å². The number of thioether (sulfide) groups is 8. The smallest absolute Gasteiger partial charge is 0.183 e. The highest BCUT2D eigenvalue weighted by molar-refractivity contribution is 8.46. The summed E-state index contributed by atoms with van der Waals surface area (Å²) in [6, 6.07) is 15.8. The lowest BCUT2D eigenvalue weighted by molar-refractivity contribution is -0.182. The lowest BCUT2D eigenvalue weighted by Crippen LogP contribution is -2.20. The SMILES string of the molecule is CSC1=C(SC)SC(=c2c3ccccc3c(=C3SC(SC)=C(SC)S3)c3cc(C4OCCCO4)ccc23)S1. The van der Waals surface area contributed by atoms with Gasteiger partial charge >= 0.3 is 0 Å². The molecule has 3 aromatic carbocycles. The van der Waals surface area contributed by atoms with E-state index in [9.17, 15) is 0 Å². The molecule has 0 saturated carbocycles. The van der Waals surface area contributed by atoms with Crippen LogP contribution in [0.25, 0.3) is 30.0 Å². The number of ether oxygens (including phenoxy) is 2. The van der Waals surface area contributed by atoms with Gasteiger partial charge in [-0.2, -0.15) is 0 Å². The van der Waals surface area contributed by atoms with Crippen molar-refractivity contribution in [3.05, 3.63) is 75.4 Å². The molecule has 0 amide bonds. The Morgan fingerprint density at radius 1 is 0.605 bits per heavy atom. The zero-order chi connectivity index (χ0) is 26.2. The molecule has 3 aliphatic rings. The molecule has 0 aromatic heterocycles. The number of rotatable bonds is 5. The summed E-state index contributed by atoms with van der Waals surface area (Å²) in [6.45, 7) is 1.48. The summed E-state index contributed by atoms with van der Waals surface area (Å²) in [5.74, 6) is 0. The molecule has 3 heterocycles. The molecule has 38 heavy (non-hydrogen) atoms. The van der Waals surface area contributed by atoms with Gasteiger partial charge in [0.25, 0.3) is 0 Å². The lowest BCUT2D eigenvalue weighted by atomic mass is 9.97. The lowest BCUT2D eigenvalue weighted by Gasteiger charge is -2.24. The Kier molecular flexibility index (Phi) is 9.33. The number of benzene rings is 3. The van der Waals surface area contributed by atoms with Crippen molar-refractivity contribution in [2.45, 2.75) is 12.7 Å². The Balaban J connectivity index is 1.70. The second-order valence-corrected chi connectivity index (χ2v) is 17.4. The van der Waals surface area contributed by atoms with E-state index in [1.54, 1.807) is 0 Å². The third-order valence-corrected chi connectivity index (χ3v) is 16.8.